The Morgan fingerprint density at radius 2 is 1.70 bits per heavy atom. The number of benzene rings is 2. The fourth-order valence-electron chi connectivity index (χ4n) is 3.24. The first-order valence-corrected chi connectivity index (χ1v) is 6.97. The largest absolute Gasteiger partial charge is 0.314 e. The Morgan fingerprint density at radius 1 is 1.00 bits per heavy atom. The number of fused-ring (bicyclic) bond motifs is 2. The minimum Gasteiger partial charge on any atom is -0.314 e. The van der Waals surface area contributed by atoms with Gasteiger partial charge in [0.05, 0.1) is 6.54 Å². The van der Waals surface area contributed by atoms with Gasteiger partial charge < -0.3 is 10.2 Å². The molecular weight excluding hydrogens is 248 g/mol. The molecule has 20 heavy (non-hydrogen) atoms. The van der Waals surface area contributed by atoms with Crippen molar-refractivity contribution in [1.82, 2.24) is 5.32 Å². The quantitative estimate of drug-likeness (QED) is 0.900. The summed E-state index contributed by atoms with van der Waals surface area (Å²) in [7, 11) is 0. The second kappa shape index (κ2) is 4.18. The summed E-state index contributed by atoms with van der Waals surface area (Å²) in [4.78, 5) is 14.8. The first-order chi connectivity index (χ1) is 9.81. The Labute approximate surface area is 118 Å². The average Bonchev–Trinajstić information content (AvgIpc) is 2.70. The van der Waals surface area contributed by atoms with Crippen molar-refractivity contribution in [2.24, 2.45) is 0 Å². The lowest BCUT2D eigenvalue weighted by atomic mass is 9.76. The number of nitrogens with one attached hydrogen (secondary N) is 1. The Hall–Kier alpha value is -2.13. The first-order valence-electron chi connectivity index (χ1n) is 6.97. The zero-order valence-corrected chi connectivity index (χ0v) is 11.2. The predicted molar refractivity (Wildman–Crippen MR) is 78.6 cm³/mol. The lowest BCUT2D eigenvalue weighted by Crippen LogP contribution is -2.61. The van der Waals surface area contributed by atoms with Crippen LogP contribution in [0.5, 0.6) is 0 Å². The van der Waals surface area contributed by atoms with Crippen molar-refractivity contribution in [3.05, 3.63) is 65.7 Å². The van der Waals surface area contributed by atoms with Gasteiger partial charge in [-0.15, -0.1) is 0 Å². The lowest BCUT2D eigenvalue weighted by molar-refractivity contribution is -0.125. The number of carbonyl (C=O) groups is 1. The van der Waals surface area contributed by atoms with Gasteiger partial charge in [0.15, 0.2) is 0 Å². The fraction of sp³-hybridized carbons (Fsp3) is 0.235. The highest BCUT2D eigenvalue weighted by Crippen LogP contribution is 2.44. The summed E-state index contributed by atoms with van der Waals surface area (Å²) in [6.07, 6.45) is 0. The van der Waals surface area contributed by atoms with Crippen LogP contribution in [-0.2, 0) is 16.8 Å². The summed E-state index contributed by atoms with van der Waals surface area (Å²) in [5.74, 6) is 0.237. The van der Waals surface area contributed by atoms with Crippen LogP contribution in [0.15, 0.2) is 54.6 Å². The van der Waals surface area contributed by atoms with Crippen molar-refractivity contribution in [3.8, 4) is 0 Å². The molecule has 1 amide bonds. The van der Waals surface area contributed by atoms with Gasteiger partial charge in [-0.3, -0.25) is 4.79 Å². The van der Waals surface area contributed by atoms with Gasteiger partial charge in [0, 0.05) is 18.8 Å². The molecule has 2 aliphatic rings. The zero-order valence-electron chi connectivity index (χ0n) is 11.2. The standard InChI is InChI=1S/C17H16N2O/c20-16-17(11-18-12-17)14-8-4-5-9-15(14)19(16)10-13-6-2-1-3-7-13/h1-9,18H,10-12H2. The van der Waals surface area contributed by atoms with Gasteiger partial charge in [0.1, 0.15) is 5.41 Å². The van der Waals surface area contributed by atoms with Crippen molar-refractivity contribution >= 4 is 11.6 Å². The third kappa shape index (κ3) is 1.47. The van der Waals surface area contributed by atoms with Gasteiger partial charge in [0.2, 0.25) is 5.91 Å². The monoisotopic (exact) mass is 264 g/mol. The topological polar surface area (TPSA) is 32.3 Å². The van der Waals surface area contributed by atoms with Gasteiger partial charge in [-0.1, -0.05) is 48.5 Å². The molecular formula is C17H16N2O. The first kappa shape index (κ1) is 11.7. The maximum atomic E-state index is 12.9. The van der Waals surface area contributed by atoms with E-state index in [4.69, 9.17) is 0 Å². The highest BCUT2D eigenvalue weighted by Gasteiger charge is 2.54. The molecule has 0 aromatic heterocycles. The molecule has 1 fully saturated rings. The van der Waals surface area contributed by atoms with Gasteiger partial charge in [-0.25, -0.2) is 0 Å². The smallest absolute Gasteiger partial charge is 0.240 e. The van der Waals surface area contributed by atoms with E-state index in [-0.39, 0.29) is 11.3 Å². The van der Waals surface area contributed by atoms with Crippen LogP contribution in [0.2, 0.25) is 0 Å². The number of rotatable bonds is 2. The van der Waals surface area contributed by atoms with Crippen molar-refractivity contribution < 1.29 is 4.79 Å². The van der Waals surface area contributed by atoms with Gasteiger partial charge in [-0.05, 0) is 17.2 Å². The molecule has 100 valence electrons. The summed E-state index contributed by atoms with van der Waals surface area (Å²) in [5, 5.41) is 3.25. The van der Waals surface area contributed by atoms with Crippen LogP contribution in [0, 0.1) is 0 Å². The third-order valence-corrected chi connectivity index (χ3v) is 4.40. The molecule has 0 unspecified atom stereocenters. The number of anilines is 1. The van der Waals surface area contributed by atoms with Crippen LogP contribution in [0.1, 0.15) is 11.1 Å². The molecule has 4 rings (SSSR count). The average molecular weight is 264 g/mol. The number of carbonyl (C=O) groups excluding carboxylic acids is 1. The molecule has 1 saturated heterocycles. The fourth-order valence-corrected chi connectivity index (χ4v) is 3.24. The van der Waals surface area contributed by atoms with E-state index in [1.54, 1.807) is 0 Å². The molecule has 0 atom stereocenters. The van der Waals surface area contributed by atoms with Crippen molar-refractivity contribution in [1.29, 1.82) is 0 Å². The normalized spacial score (nSPS) is 19.0. The minimum absolute atomic E-state index is 0.237. The summed E-state index contributed by atoms with van der Waals surface area (Å²) in [6.45, 7) is 2.17. The number of hydrogen-bond acceptors (Lipinski definition) is 2. The van der Waals surface area contributed by atoms with E-state index in [9.17, 15) is 4.79 Å². The Kier molecular flexibility index (Phi) is 2.44. The van der Waals surface area contributed by atoms with Crippen LogP contribution in [0.3, 0.4) is 0 Å². The van der Waals surface area contributed by atoms with Crippen LogP contribution in [0.25, 0.3) is 0 Å². The van der Waals surface area contributed by atoms with Crippen molar-refractivity contribution in [2.75, 3.05) is 18.0 Å². The van der Waals surface area contributed by atoms with Crippen molar-refractivity contribution in [3.63, 3.8) is 0 Å². The predicted octanol–water partition coefficient (Wildman–Crippen LogP) is 2.07. The van der Waals surface area contributed by atoms with E-state index in [0.29, 0.717) is 6.54 Å². The molecule has 3 nitrogen and oxygen atoms in total. The number of para-hydroxylation sites is 1. The molecule has 2 aromatic rings. The third-order valence-electron chi connectivity index (χ3n) is 4.40. The van der Waals surface area contributed by atoms with E-state index < -0.39 is 0 Å². The van der Waals surface area contributed by atoms with Crippen LogP contribution in [0.4, 0.5) is 5.69 Å². The van der Waals surface area contributed by atoms with E-state index >= 15 is 0 Å². The van der Waals surface area contributed by atoms with Crippen LogP contribution >= 0.6 is 0 Å². The van der Waals surface area contributed by atoms with Gasteiger partial charge >= 0.3 is 0 Å². The molecule has 3 heteroatoms. The zero-order chi connectivity index (χ0) is 13.6. The summed E-state index contributed by atoms with van der Waals surface area (Å²) < 4.78 is 0. The van der Waals surface area contributed by atoms with Gasteiger partial charge in [0.25, 0.3) is 0 Å². The molecule has 1 spiro atoms. The summed E-state index contributed by atoms with van der Waals surface area (Å²) in [5.41, 5.74) is 3.10. The number of amides is 1. The Morgan fingerprint density at radius 3 is 2.40 bits per heavy atom. The molecule has 2 aromatic carbocycles. The Balaban J connectivity index is 1.76. The molecule has 0 saturated carbocycles. The maximum absolute atomic E-state index is 12.9. The molecule has 2 aliphatic heterocycles. The van der Waals surface area contributed by atoms with Crippen molar-refractivity contribution in [2.45, 2.75) is 12.0 Å². The minimum atomic E-state index is -0.314. The number of nitrogens with zero attached hydrogens (tertiary/aromatic N) is 1. The SMILES string of the molecule is O=C1N(Cc2ccccc2)c2ccccc2C12CNC2. The second-order valence-corrected chi connectivity index (χ2v) is 5.58. The van der Waals surface area contributed by atoms with E-state index in [0.717, 1.165) is 18.8 Å². The Bertz CT molecular complexity index is 662. The molecule has 0 aliphatic carbocycles. The van der Waals surface area contributed by atoms with E-state index in [1.165, 1.54) is 11.1 Å². The van der Waals surface area contributed by atoms with E-state index in [2.05, 4.69) is 29.6 Å². The molecule has 2 heterocycles. The highest BCUT2D eigenvalue weighted by molar-refractivity contribution is 6.09. The highest BCUT2D eigenvalue weighted by atomic mass is 16.2. The maximum Gasteiger partial charge on any atom is 0.240 e. The van der Waals surface area contributed by atoms with Gasteiger partial charge in [-0.2, -0.15) is 0 Å². The second-order valence-electron chi connectivity index (χ2n) is 5.58. The van der Waals surface area contributed by atoms with Crippen LogP contribution in [-0.4, -0.2) is 19.0 Å². The number of hydrogen-bond donors (Lipinski definition) is 1. The van der Waals surface area contributed by atoms with E-state index in [1.807, 2.05) is 35.2 Å². The summed E-state index contributed by atoms with van der Waals surface area (Å²) >= 11 is 0. The lowest BCUT2D eigenvalue weighted by Gasteiger charge is -2.38. The molecule has 0 bridgehead atoms. The van der Waals surface area contributed by atoms with Crippen LogP contribution < -0.4 is 10.2 Å². The molecule has 0 radical (unpaired) electrons. The molecule has 1 N–H and O–H groups in total. The summed E-state index contributed by atoms with van der Waals surface area (Å²) in [6, 6.07) is 18.4.